The topological polar surface area (TPSA) is 110 Å². The third kappa shape index (κ3) is 5.73. The lowest BCUT2D eigenvalue weighted by Gasteiger charge is -2.24. The maximum absolute atomic E-state index is 13.6. The van der Waals surface area contributed by atoms with Gasteiger partial charge in [0.25, 0.3) is 12.3 Å². The van der Waals surface area contributed by atoms with Gasteiger partial charge in [-0.05, 0) is 48.7 Å². The van der Waals surface area contributed by atoms with Gasteiger partial charge in [0, 0.05) is 47.3 Å². The second-order valence-electron chi connectivity index (χ2n) is 8.59. The summed E-state index contributed by atoms with van der Waals surface area (Å²) in [4.78, 5) is 22.1. The molecule has 1 amide bonds. The predicted octanol–water partition coefficient (Wildman–Crippen LogP) is 3.34. The van der Waals surface area contributed by atoms with Crippen LogP contribution in [0.15, 0.2) is 53.7 Å². The molecule has 0 aromatic carbocycles. The standard InChI is InChI=1S/C26H24F2N6O3S/c1-36-21-13-30-20(24(27)28)10-17(21)16-9-19(15-6-7-22(37-2)31-11-15)29-12-18(16)25(35)32-26-34-33-23(38-26)8-5-14-3-4-14/h6-7,9-14,20,24,26,30,34H,3-4H2,1-2H3,(H,32,35). The van der Waals surface area contributed by atoms with E-state index < -0.39 is 23.9 Å². The Morgan fingerprint density at radius 1 is 1.21 bits per heavy atom. The van der Waals surface area contributed by atoms with E-state index in [1.807, 2.05) is 0 Å². The van der Waals surface area contributed by atoms with Crippen molar-refractivity contribution in [1.82, 2.24) is 26.0 Å². The maximum Gasteiger partial charge on any atom is 0.261 e. The van der Waals surface area contributed by atoms with E-state index in [-0.39, 0.29) is 5.56 Å². The van der Waals surface area contributed by atoms with E-state index in [1.165, 1.54) is 44.5 Å². The monoisotopic (exact) mass is 538 g/mol. The number of hydrazone groups is 1. The van der Waals surface area contributed by atoms with E-state index in [1.54, 1.807) is 24.4 Å². The number of hydrogen-bond acceptors (Lipinski definition) is 9. The number of methoxy groups -OCH3 is 2. The zero-order valence-electron chi connectivity index (χ0n) is 20.5. The Hall–Kier alpha value is -4.11. The van der Waals surface area contributed by atoms with Gasteiger partial charge in [-0.2, -0.15) is 5.10 Å². The Morgan fingerprint density at radius 2 is 2.05 bits per heavy atom. The molecule has 1 aliphatic carbocycles. The summed E-state index contributed by atoms with van der Waals surface area (Å²) in [7, 11) is 2.94. The van der Waals surface area contributed by atoms with Crippen molar-refractivity contribution in [2.24, 2.45) is 11.0 Å². The van der Waals surface area contributed by atoms with Crippen LogP contribution in [-0.2, 0) is 4.74 Å². The first-order valence-corrected chi connectivity index (χ1v) is 12.7. The van der Waals surface area contributed by atoms with E-state index in [4.69, 9.17) is 9.47 Å². The Morgan fingerprint density at radius 3 is 2.74 bits per heavy atom. The van der Waals surface area contributed by atoms with Crippen molar-refractivity contribution in [3.05, 3.63) is 59.8 Å². The highest BCUT2D eigenvalue weighted by Crippen LogP contribution is 2.33. The summed E-state index contributed by atoms with van der Waals surface area (Å²) in [6, 6.07) is 3.85. The van der Waals surface area contributed by atoms with Gasteiger partial charge in [0.05, 0.1) is 25.5 Å². The molecule has 196 valence electrons. The lowest BCUT2D eigenvalue weighted by molar-refractivity contribution is 0.0945. The summed E-state index contributed by atoms with van der Waals surface area (Å²) < 4.78 is 37.8. The first-order chi connectivity index (χ1) is 18.4. The molecule has 2 aromatic heterocycles. The molecule has 0 bridgehead atoms. The van der Waals surface area contributed by atoms with E-state index in [2.05, 4.69) is 43.0 Å². The minimum atomic E-state index is -2.67. The number of ether oxygens (including phenoxy) is 2. The minimum absolute atomic E-state index is 0.180. The fourth-order valence-corrected chi connectivity index (χ4v) is 4.47. The quantitative estimate of drug-likeness (QED) is 0.461. The van der Waals surface area contributed by atoms with Gasteiger partial charge in [0.1, 0.15) is 11.8 Å². The number of rotatable bonds is 7. The van der Waals surface area contributed by atoms with Gasteiger partial charge >= 0.3 is 0 Å². The van der Waals surface area contributed by atoms with Gasteiger partial charge in [-0.15, -0.1) is 0 Å². The van der Waals surface area contributed by atoms with Crippen LogP contribution in [0, 0.1) is 17.8 Å². The van der Waals surface area contributed by atoms with Crippen molar-refractivity contribution in [2.45, 2.75) is 30.8 Å². The Bertz CT molecular complexity index is 1380. The molecule has 0 radical (unpaired) electrons. The average molecular weight is 539 g/mol. The largest absolute Gasteiger partial charge is 0.495 e. The molecule has 1 fully saturated rings. The molecule has 0 saturated heterocycles. The molecule has 0 spiro atoms. The van der Waals surface area contributed by atoms with Gasteiger partial charge in [-0.25, -0.2) is 13.8 Å². The lowest BCUT2D eigenvalue weighted by atomic mass is 9.94. The Balaban J connectivity index is 1.47. The van der Waals surface area contributed by atoms with Crippen LogP contribution in [0.5, 0.6) is 5.88 Å². The molecule has 5 rings (SSSR count). The van der Waals surface area contributed by atoms with E-state index in [0.717, 1.165) is 12.8 Å². The molecular formula is C26H24F2N6O3S. The van der Waals surface area contributed by atoms with E-state index in [0.29, 0.717) is 45.0 Å². The number of aromatic nitrogens is 2. The molecule has 2 atom stereocenters. The number of allylic oxidation sites excluding steroid dienone is 1. The number of alkyl halides is 2. The molecule has 9 nitrogen and oxygen atoms in total. The Labute approximate surface area is 222 Å². The number of carbonyl (C=O) groups is 1. The number of nitrogens with one attached hydrogen (secondary N) is 3. The zero-order chi connectivity index (χ0) is 26.6. The van der Waals surface area contributed by atoms with Crippen LogP contribution >= 0.6 is 11.8 Å². The van der Waals surface area contributed by atoms with E-state index in [9.17, 15) is 13.6 Å². The lowest BCUT2D eigenvalue weighted by Crippen LogP contribution is -2.39. The van der Waals surface area contributed by atoms with Gasteiger partial charge in [-0.3, -0.25) is 15.2 Å². The van der Waals surface area contributed by atoms with Gasteiger partial charge in [0.2, 0.25) is 5.88 Å². The Kier molecular flexibility index (Phi) is 7.46. The molecule has 12 heteroatoms. The predicted molar refractivity (Wildman–Crippen MR) is 140 cm³/mol. The van der Waals surface area contributed by atoms with Crippen molar-refractivity contribution in [3.63, 3.8) is 0 Å². The number of nitrogens with zero attached hydrogens (tertiary/aromatic N) is 3. The van der Waals surface area contributed by atoms with Crippen LogP contribution in [0.3, 0.4) is 0 Å². The molecule has 1 saturated carbocycles. The molecule has 4 heterocycles. The first kappa shape index (κ1) is 25.5. The summed E-state index contributed by atoms with van der Waals surface area (Å²) in [5, 5.41) is 10.2. The second-order valence-corrected chi connectivity index (χ2v) is 9.68. The van der Waals surface area contributed by atoms with Crippen LogP contribution in [0.1, 0.15) is 28.8 Å². The summed E-state index contributed by atoms with van der Waals surface area (Å²) >= 11 is 1.29. The fourth-order valence-electron chi connectivity index (χ4n) is 3.75. The summed E-state index contributed by atoms with van der Waals surface area (Å²) in [5.74, 6) is 6.86. The highest BCUT2D eigenvalue weighted by atomic mass is 32.2. The molecular weight excluding hydrogens is 514 g/mol. The number of hydrogen-bond donors (Lipinski definition) is 3. The van der Waals surface area contributed by atoms with E-state index >= 15 is 0 Å². The molecule has 3 N–H and O–H groups in total. The third-order valence-electron chi connectivity index (χ3n) is 5.93. The van der Waals surface area contributed by atoms with Crippen LogP contribution < -0.4 is 20.8 Å². The summed E-state index contributed by atoms with van der Waals surface area (Å²) in [6.45, 7) is 0. The highest BCUT2D eigenvalue weighted by molar-refractivity contribution is 8.15. The number of pyridine rings is 2. The average Bonchev–Trinajstić information content (AvgIpc) is 3.68. The van der Waals surface area contributed by atoms with Crippen LogP contribution in [0.4, 0.5) is 8.78 Å². The second kappa shape index (κ2) is 11.1. The molecule has 38 heavy (non-hydrogen) atoms. The number of dihydropyridines is 1. The van der Waals surface area contributed by atoms with Gasteiger partial charge in [0.15, 0.2) is 10.5 Å². The van der Waals surface area contributed by atoms with Crippen LogP contribution in [-0.4, -0.2) is 53.1 Å². The van der Waals surface area contributed by atoms with Crippen molar-refractivity contribution >= 4 is 28.3 Å². The minimum Gasteiger partial charge on any atom is -0.495 e. The number of amides is 1. The van der Waals surface area contributed by atoms with Crippen molar-refractivity contribution < 1.29 is 23.0 Å². The first-order valence-electron chi connectivity index (χ1n) is 11.8. The van der Waals surface area contributed by atoms with Crippen LogP contribution in [0.25, 0.3) is 16.8 Å². The fraction of sp³-hybridized carbons (Fsp3) is 0.308. The van der Waals surface area contributed by atoms with Crippen molar-refractivity contribution in [1.29, 1.82) is 0 Å². The highest BCUT2D eigenvalue weighted by Gasteiger charge is 2.29. The van der Waals surface area contributed by atoms with Crippen LogP contribution in [0.2, 0.25) is 0 Å². The van der Waals surface area contributed by atoms with Crippen molar-refractivity contribution in [2.75, 3.05) is 14.2 Å². The summed E-state index contributed by atoms with van der Waals surface area (Å²) in [5.41, 5.74) is 4.35. The zero-order valence-corrected chi connectivity index (χ0v) is 21.3. The molecule has 2 aromatic rings. The van der Waals surface area contributed by atoms with Gasteiger partial charge < -0.3 is 20.1 Å². The maximum atomic E-state index is 13.6. The summed E-state index contributed by atoms with van der Waals surface area (Å²) in [6.07, 6.45) is 5.25. The molecule has 2 unspecified atom stereocenters. The number of carbonyl (C=O) groups excluding carboxylic acids is 1. The normalized spacial score (nSPS) is 20.2. The smallest absolute Gasteiger partial charge is 0.261 e. The number of halogens is 2. The molecule has 2 aliphatic heterocycles. The van der Waals surface area contributed by atoms with Crippen molar-refractivity contribution in [3.8, 4) is 29.0 Å². The molecule has 3 aliphatic rings. The number of thioether (sulfide) groups is 1. The van der Waals surface area contributed by atoms with Gasteiger partial charge in [-0.1, -0.05) is 5.92 Å². The SMILES string of the molecule is COC1=CNC(C(F)F)C=C1c1cc(-c2ccc(OC)nc2)ncc1C(=O)NC1NN=C(C#CC2CC2)S1. The third-order valence-corrected chi connectivity index (χ3v) is 6.80.